The van der Waals surface area contributed by atoms with E-state index >= 15 is 0 Å². The van der Waals surface area contributed by atoms with E-state index in [2.05, 4.69) is 10.4 Å². The highest BCUT2D eigenvalue weighted by molar-refractivity contribution is 5.05. The summed E-state index contributed by atoms with van der Waals surface area (Å²) < 4.78 is 38.0. The average Bonchev–Trinajstić information content (AvgIpc) is 2.47. The van der Waals surface area contributed by atoms with Crippen LogP contribution in [-0.4, -0.2) is 22.0 Å². The lowest BCUT2D eigenvalue weighted by Gasteiger charge is -2.21. The largest absolute Gasteiger partial charge is 0.390 e. The Labute approximate surface area is 92.6 Å². The Bertz CT molecular complexity index is 332. The number of hydrogen-bond acceptors (Lipinski definition) is 2. The number of rotatable bonds is 4. The molecular formula is C10H16F3N3. The first kappa shape index (κ1) is 13.0. The smallest absolute Gasteiger partial charge is 0.306 e. The number of aryl methyl sites for hydroxylation is 1. The van der Waals surface area contributed by atoms with Gasteiger partial charge >= 0.3 is 6.18 Å². The normalized spacial score (nSPS) is 16.1. The summed E-state index contributed by atoms with van der Waals surface area (Å²) in [6, 6.07) is 1.03. The molecule has 2 unspecified atom stereocenters. The Kier molecular flexibility index (Phi) is 3.96. The summed E-state index contributed by atoms with van der Waals surface area (Å²) in [5, 5.41) is 6.87. The van der Waals surface area contributed by atoms with Gasteiger partial charge in [0.25, 0.3) is 0 Å². The molecule has 6 heteroatoms. The average molecular weight is 235 g/mol. The van der Waals surface area contributed by atoms with Crippen LogP contribution in [0.2, 0.25) is 0 Å². The first-order valence-corrected chi connectivity index (χ1v) is 5.10. The van der Waals surface area contributed by atoms with E-state index in [1.54, 1.807) is 24.0 Å². The van der Waals surface area contributed by atoms with Crippen molar-refractivity contribution in [3.05, 3.63) is 18.0 Å². The molecule has 0 bridgehead atoms. The van der Waals surface area contributed by atoms with E-state index < -0.39 is 18.6 Å². The van der Waals surface area contributed by atoms with Gasteiger partial charge in [-0.05, 0) is 19.9 Å². The van der Waals surface area contributed by atoms with Crippen LogP contribution in [0.1, 0.15) is 32.0 Å². The number of nitrogens with one attached hydrogen (secondary N) is 1. The van der Waals surface area contributed by atoms with Gasteiger partial charge in [-0.1, -0.05) is 0 Å². The van der Waals surface area contributed by atoms with E-state index in [9.17, 15) is 13.2 Å². The van der Waals surface area contributed by atoms with E-state index in [1.165, 1.54) is 6.92 Å². The minimum absolute atomic E-state index is 0.148. The van der Waals surface area contributed by atoms with Crippen molar-refractivity contribution in [3.8, 4) is 0 Å². The summed E-state index contributed by atoms with van der Waals surface area (Å²) in [6.07, 6.45) is -3.32. The minimum atomic E-state index is -4.13. The number of hydrogen-bond donors (Lipinski definition) is 1. The van der Waals surface area contributed by atoms with Gasteiger partial charge in [0.1, 0.15) is 0 Å². The first-order chi connectivity index (χ1) is 7.29. The van der Waals surface area contributed by atoms with Gasteiger partial charge in [0.15, 0.2) is 0 Å². The number of alkyl halides is 3. The van der Waals surface area contributed by atoms with Crippen molar-refractivity contribution in [3.63, 3.8) is 0 Å². The second kappa shape index (κ2) is 4.86. The van der Waals surface area contributed by atoms with Crippen molar-refractivity contribution in [2.24, 2.45) is 7.05 Å². The molecular weight excluding hydrogens is 219 g/mol. The molecule has 0 aliphatic heterocycles. The van der Waals surface area contributed by atoms with Gasteiger partial charge in [-0.15, -0.1) is 0 Å². The van der Waals surface area contributed by atoms with Crippen molar-refractivity contribution in [2.45, 2.75) is 38.5 Å². The van der Waals surface area contributed by atoms with Gasteiger partial charge in [-0.25, -0.2) is 0 Å². The lowest BCUT2D eigenvalue weighted by Crippen LogP contribution is -2.33. The van der Waals surface area contributed by atoms with Crippen LogP contribution in [-0.2, 0) is 7.05 Å². The molecule has 0 aliphatic carbocycles. The lowest BCUT2D eigenvalue weighted by molar-refractivity contribution is -0.139. The van der Waals surface area contributed by atoms with E-state index in [4.69, 9.17) is 0 Å². The van der Waals surface area contributed by atoms with Crippen LogP contribution in [0.4, 0.5) is 13.2 Å². The highest BCUT2D eigenvalue weighted by Crippen LogP contribution is 2.22. The van der Waals surface area contributed by atoms with Gasteiger partial charge in [0.05, 0.1) is 12.1 Å². The van der Waals surface area contributed by atoms with Crippen LogP contribution < -0.4 is 5.32 Å². The number of halogens is 3. The maximum Gasteiger partial charge on any atom is 0.390 e. The van der Waals surface area contributed by atoms with E-state index in [1.807, 2.05) is 6.92 Å². The van der Waals surface area contributed by atoms with Crippen molar-refractivity contribution in [1.82, 2.24) is 15.1 Å². The second-order valence-electron chi connectivity index (χ2n) is 3.99. The molecule has 0 radical (unpaired) electrons. The van der Waals surface area contributed by atoms with Crippen LogP contribution in [0, 0.1) is 0 Å². The molecule has 3 nitrogen and oxygen atoms in total. The minimum Gasteiger partial charge on any atom is -0.306 e. The van der Waals surface area contributed by atoms with Crippen LogP contribution in [0.25, 0.3) is 0 Å². The standard InChI is InChI=1S/C10H16F3N3/c1-7(6-10(11,12)13)15-8(2)9-4-5-14-16(9)3/h4-5,7-8,15H,6H2,1-3H3. The monoisotopic (exact) mass is 235 g/mol. The second-order valence-corrected chi connectivity index (χ2v) is 3.99. The molecule has 1 N–H and O–H groups in total. The predicted molar refractivity (Wildman–Crippen MR) is 54.9 cm³/mol. The Hall–Kier alpha value is -1.04. The zero-order valence-corrected chi connectivity index (χ0v) is 9.54. The van der Waals surface area contributed by atoms with E-state index in [0.717, 1.165) is 5.69 Å². The molecule has 1 heterocycles. The Morgan fingerprint density at radius 2 is 2.06 bits per heavy atom. The molecule has 1 rings (SSSR count). The fourth-order valence-corrected chi connectivity index (χ4v) is 1.73. The first-order valence-electron chi connectivity index (χ1n) is 5.10. The lowest BCUT2D eigenvalue weighted by atomic mass is 10.1. The molecule has 0 aliphatic rings. The quantitative estimate of drug-likeness (QED) is 0.868. The van der Waals surface area contributed by atoms with E-state index in [0.29, 0.717) is 0 Å². The maximum atomic E-state index is 12.1. The highest BCUT2D eigenvalue weighted by Gasteiger charge is 2.30. The molecule has 0 spiro atoms. The topological polar surface area (TPSA) is 29.9 Å². The molecule has 0 saturated carbocycles. The SMILES string of the molecule is CC(CC(F)(F)F)NC(C)c1ccnn1C. The zero-order valence-electron chi connectivity index (χ0n) is 9.54. The summed E-state index contributed by atoms with van der Waals surface area (Å²) in [4.78, 5) is 0. The van der Waals surface area contributed by atoms with Gasteiger partial charge in [0.2, 0.25) is 0 Å². The van der Waals surface area contributed by atoms with Crippen molar-refractivity contribution in [2.75, 3.05) is 0 Å². The highest BCUT2D eigenvalue weighted by atomic mass is 19.4. The van der Waals surface area contributed by atoms with Crippen molar-refractivity contribution in [1.29, 1.82) is 0 Å². The van der Waals surface area contributed by atoms with Gasteiger partial charge in [0, 0.05) is 25.3 Å². The molecule has 2 atom stereocenters. The maximum absolute atomic E-state index is 12.1. The molecule has 0 fully saturated rings. The molecule has 16 heavy (non-hydrogen) atoms. The third kappa shape index (κ3) is 3.84. The molecule has 0 aromatic carbocycles. The summed E-state index contributed by atoms with van der Waals surface area (Å²) in [7, 11) is 1.77. The van der Waals surface area contributed by atoms with Crippen LogP contribution in [0.15, 0.2) is 12.3 Å². The third-order valence-corrected chi connectivity index (χ3v) is 2.37. The van der Waals surface area contributed by atoms with Gasteiger partial charge in [-0.2, -0.15) is 18.3 Å². The van der Waals surface area contributed by atoms with Crippen molar-refractivity contribution >= 4 is 0 Å². The summed E-state index contributed by atoms with van der Waals surface area (Å²) in [5.74, 6) is 0. The predicted octanol–water partition coefficient (Wildman–Crippen LogP) is 2.41. The molecule has 1 aromatic heterocycles. The van der Waals surface area contributed by atoms with Crippen LogP contribution >= 0.6 is 0 Å². The summed E-state index contributed by atoms with van der Waals surface area (Å²) in [5.41, 5.74) is 0.869. The van der Waals surface area contributed by atoms with Crippen molar-refractivity contribution < 1.29 is 13.2 Å². The Balaban J connectivity index is 2.52. The van der Waals surface area contributed by atoms with Gasteiger partial charge < -0.3 is 5.32 Å². The van der Waals surface area contributed by atoms with Crippen LogP contribution in [0.5, 0.6) is 0 Å². The fourth-order valence-electron chi connectivity index (χ4n) is 1.73. The number of aromatic nitrogens is 2. The Morgan fingerprint density at radius 1 is 1.44 bits per heavy atom. The van der Waals surface area contributed by atoms with Gasteiger partial charge in [-0.3, -0.25) is 4.68 Å². The van der Waals surface area contributed by atoms with Crippen LogP contribution in [0.3, 0.4) is 0 Å². The summed E-state index contributed by atoms with van der Waals surface area (Å²) in [6.45, 7) is 3.35. The molecule has 1 aromatic rings. The zero-order chi connectivity index (χ0) is 12.3. The number of nitrogens with zero attached hydrogens (tertiary/aromatic N) is 2. The summed E-state index contributed by atoms with van der Waals surface area (Å²) >= 11 is 0. The molecule has 0 saturated heterocycles. The molecule has 92 valence electrons. The Morgan fingerprint density at radius 3 is 2.50 bits per heavy atom. The molecule has 0 amide bonds. The third-order valence-electron chi connectivity index (χ3n) is 2.37. The fraction of sp³-hybridized carbons (Fsp3) is 0.700. The van der Waals surface area contributed by atoms with E-state index in [-0.39, 0.29) is 6.04 Å².